The lowest BCUT2D eigenvalue weighted by Crippen LogP contribution is -2.46. The Morgan fingerprint density at radius 3 is 2.68 bits per heavy atom. The Morgan fingerprint density at radius 1 is 1.26 bits per heavy atom. The van der Waals surface area contributed by atoms with E-state index in [1.165, 1.54) is 51.5 Å². The summed E-state index contributed by atoms with van der Waals surface area (Å²) in [5, 5.41) is 7.39. The number of benzene rings is 1. The van der Waals surface area contributed by atoms with Crippen LogP contribution in [0.5, 0.6) is 11.5 Å². The highest BCUT2D eigenvalue weighted by molar-refractivity contribution is 8.16. The van der Waals surface area contributed by atoms with Gasteiger partial charge in [0.05, 0.1) is 36.1 Å². The van der Waals surface area contributed by atoms with Crippen LogP contribution in [-0.2, 0) is 14.6 Å². The summed E-state index contributed by atoms with van der Waals surface area (Å²) in [6, 6.07) is 7.50. The fourth-order valence-electron chi connectivity index (χ4n) is 2.96. The van der Waals surface area contributed by atoms with Gasteiger partial charge in [-0.05, 0) is 49.8 Å². The van der Waals surface area contributed by atoms with Gasteiger partial charge in [0, 0.05) is 0 Å². The van der Waals surface area contributed by atoms with Gasteiger partial charge in [0.15, 0.2) is 11.5 Å². The quantitative estimate of drug-likeness (QED) is 0.281. The van der Waals surface area contributed by atoms with Crippen LogP contribution in [0, 0.1) is 5.41 Å². The highest BCUT2D eigenvalue weighted by Gasteiger charge is 2.43. The Balaban J connectivity index is 1.65. The summed E-state index contributed by atoms with van der Waals surface area (Å²) >= 11 is 0.727. The fraction of sp³-hybridized carbons (Fsp3) is 0.190. The lowest BCUT2D eigenvalue weighted by atomic mass is 10.1. The van der Waals surface area contributed by atoms with Crippen LogP contribution in [0.15, 0.2) is 56.0 Å². The average molecular weight is 503 g/mol. The van der Waals surface area contributed by atoms with Crippen LogP contribution in [0.3, 0.4) is 0 Å². The first-order chi connectivity index (χ1) is 16.1. The fourth-order valence-corrected chi connectivity index (χ4v) is 5.03. The van der Waals surface area contributed by atoms with E-state index in [9.17, 15) is 18.0 Å². The maximum Gasteiger partial charge on any atom is 0.379 e. The van der Waals surface area contributed by atoms with E-state index in [1.54, 1.807) is 12.1 Å². The predicted octanol–water partition coefficient (Wildman–Crippen LogP) is 2.91. The summed E-state index contributed by atoms with van der Waals surface area (Å²) in [4.78, 5) is 29.7. The zero-order valence-electron chi connectivity index (χ0n) is 18.1. The van der Waals surface area contributed by atoms with Crippen LogP contribution >= 0.6 is 11.9 Å². The van der Waals surface area contributed by atoms with E-state index in [1.807, 2.05) is 0 Å². The summed E-state index contributed by atoms with van der Waals surface area (Å²) in [7, 11) is -2.44. The summed E-state index contributed by atoms with van der Waals surface area (Å²) in [6.07, 6.45) is 2.71. The lowest BCUT2D eigenvalue weighted by molar-refractivity contribution is -0.114. The van der Waals surface area contributed by atoms with E-state index in [4.69, 9.17) is 19.3 Å². The van der Waals surface area contributed by atoms with E-state index in [-0.39, 0.29) is 39.0 Å². The number of methoxy groups -OCH3 is 1. The van der Waals surface area contributed by atoms with Crippen molar-refractivity contribution in [2.75, 3.05) is 7.11 Å². The van der Waals surface area contributed by atoms with Crippen molar-refractivity contribution in [3.05, 3.63) is 53.5 Å². The Morgan fingerprint density at radius 2 is 2.03 bits per heavy atom. The summed E-state index contributed by atoms with van der Waals surface area (Å²) in [5.41, 5.74) is 0.291. The van der Waals surface area contributed by atoms with Crippen molar-refractivity contribution in [1.29, 1.82) is 5.41 Å². The van der Waals surface area contributed by atoms with Crippen molar-refractivity contribution in [2.24, 2.45) is 9.39 Å². The number of ether oxygens (including phenoxy) is 2. The minimum Gasteiger partial charge on any atom is -0.493 e. The topological polar surface area (TPSA) is 152 Å². The van der Waals surface area contributed by atoms with Gasteiger partial charge >= 0.3 is 5.97 Å². The molecule has 0 atom stereocenters. The molecule has 176 valence electrons. The number of esters is 1. The minimum absolute atomic E-state index is 0.00384. The third-order valence-corrected chi connectivity index (χ3v) is 7.63. The van der Waals surface area contributed by atoms with E-state index < -0.39 is 27.0 Å². The Bertz CT molecular complexity index is 1390. The Kier molecular flexibility index (Phi) is 6.15. The second kappa shape index (κ2) is 8.91. The first-order valence-electron chi connectivity index (χ1n) is 9.80. The van der Waals surface area contributed by atoms with Crippen LogP contribution in [0.2, 0.25) is 0 Å². The van der Waals surface area contributed by atoms with Gasteiger partial charge in [0.2, 0.25) is 25.9 Å². The monoisotopic (exact) mass is 502 g/mol. The molecule has 2 aliphatic heterocycles. The number of fused-ring (bicyclic) bond motifs is 1. The number of furan rings is 1. The molecule has 0 unspecified atom stereocenters. The molecule has 0 aliphatic carbocycles. The number of nitrogens with one attached hydrogen (secondary N) is 1. The molecular formula is C21H18N4O7S2. The summed E-state index contributed by atoms with van der Waals surface area (Å²) < 4.78 is 44.9. The van der Waals surface area contributed by atoms with Crippen LogP contribution < -0.4 is 9.47 Å². The van der Waals surface area contributed by atoms with Gasteiger partial charge in [-0.15, -0.1) is 0 Å². The Hall–Kier alpha value is -3.71. The third kappa shape index (κ3) is 4.15. The number of amidine groups is 3. The number of carbonyl (C=O) groups is 2. The predicted molar refractivity (Wildman–Crippen MR) is 126 cm³/mol. The molecule has 0 bridgehead atoms. The third-order valence-electron chi connectivity index (χ3n) is 4.79. The molecule has 1 amide bonds. The molecule has 0 saturated carbocycles. The average Bonchev–Trinajstić information content (AvgIpc) is 3.48. The first-order valence-corrected chi connectivity index (χ1v) is 12.1. The van der Waals surface area contributed by atoms with E-state index >= 15 is 0 Å². The highest BCUT2D eigenvalue weighted by Crippen LogP contribution is 2.33. The van der Waals surface area contributed by atoms with Gasteiger partial charge in [-0.1, -0.05) is 6.07 Å². The molecule has 11 nitrogen and oxygen atoms in total. The minimum atomic E-state index is -3.82. The molecule has 1 N–H and O–H groups in total. The van der Waals surface area contributed by atoms with Gasteiger partial charge in [-0.25, -0.2) is 18.1 Å². The molecule has 0 spiro atoms. The van der Waals surface area contributed by atoms with Crippen molar-refractivity contribution in [2.45, 2.75) is 19.1 Å². The second-order valence-electron chi connectivity index (χ2n) is 7.28. The maximum absolute atomic E-state index is 12.7. The zero-order valence-corrected chi connectivity index (χ0v) is 19.8. The van der Waals surface area contributed by atoms with Gasteiger partial charge in [0.25, 0.3) is 5.91 Å². The number of amides is 1. The van der Waals surface area contributed by atoms with Gasteiger partial charge in [-0.2, -0.15) is 9.39 Å². The molecule has 3 heterocycles. The number of carbonyl (C=O) groups excluding carboxylic acids is 2. The maximum atomic E-state index is 12.7. The number of nitrogens with zero attached hydrogens (tertiary/aromatic N) is 3. The Labute approximate surface area is 198 Å². The number of hydrogen-bond acceptors (Lipinski definition) is 10. The van der Waals surface area contributed by atoms with Gasteiger partial charge in [0.1, 0.15) is 5.84 Å². The SMILES string of the molecule is COc1cc(/C=C2/C(=N)N3C(=NC2=O)SN=C3S(=O)(=O)C(C)C)ccc1OC(=O)c1ccco1. The van der Waals surface area contributed by atoms with Crippen molar-refractivity contribution < 1.29 is 31.9 Å². The van der Waals surface area contributed by atoms with Gasteiger partial charge in [-0.3, -0.25) is 10.2 Å². The molecule has 4 rings (SSSR count). The molecule has 2 aliphatic rings. The van der Waals surface area contributed by atoms with Crippen molar-refractivity contribution in [1.82, 2.24) is 4.90 Å². The molecule has 0 fully saturated rings. The van der Waals surface area contributed by atoms with Crippen LogP contribution in [0.25, 0.3) is 6.08 Å². The van der Waals surface area contributed by atoms with Crippen molar-refractivity contribution >= 4 is 55.9 Å². The van der Waals surface area contributed by atoms with Crippen molar-refractivity contribution in [3.63, 3.8) is 0 Å². The van der Waals surface area contributed by atoms with Crippen LogP contribution in [0.4, 0.5) is 0 Å². The molecule has 13 heteroatoms. The molecular weight excluding hydrogens is 484 g/mol. The van der Waals surface area contributed by atoms with E-state index in [0.717, 1.165) is 16.8 Å². The molecule has 34 heavy (non-hydrogen) atoms. The highest BCUT2D eigenvalue weighted by atomic mass is 32.2. The molecule has 1 aromatic carbocycles. The van der Waals surface area contributed by atoms with E-state index in [0.29, 0.717) is 5.56 Å². The van der Waals surface area contributed by atoms with Crippen LogP contribution in [-0.4, -0.2) is 53.7 Å². The smallest absolute Gasteiger partial charge is 0.379 e. The summed E-state index contributed by atoms with van der Waals surface area (Å²) in [5.74, 6) is -1.48. The largest absolute Gasteiger partial charge is 0.493 e. The van der Waals surface area contributed by atoms with Crippen LogP contribution in [0.1, 0.15) is 30.0 Å². The number of rotatable bonds is 5. The standard InChI is InChI=1S/C21H18N4O7S2/c1-11(2)34(28,29)21-24-33-20-23-18(26)13(17(22)25(20)21)9-12-6-7-14(16(10-12)30-3)32-19(27)15-5-4-8-31-15/h4-11,22H,1-3H3/b13-9-,22-17?. The molecule has 0 saturated heterocycles. The molecule has 2 aromatic rings. The summed E-state index contributed by atoms with van der Waals surface area (Å²) in [6.45, 7) is 3.00. The van der Waals surface area contributed by atoms with E-state index in [2.05, 4.69) is 9.39 Å². The number of sulfone groups is 1. The van der Waals surface area contributed by atoms with Crippen molar-refractivity contribution in [3.8, 4) is 11.5 Å². The second-order valence-corrected chi connectivity index (χ2v) is 10.4. The van der Waals surface area contributed by atoms with Gasteiger partial charge < -0.3 is 13.9 Å². The zero-order chi connectivity index (χ0) is 24.6. The molecule has 0 radical (unpaired) electrons. The lowest BCUT2D eigenvalue weighted by Gasteiger charge is -2.25. The number of aliphatic imine (C=N–C) groups is 1. The normalized spacial score (nSPS) is 17.1. The number of hydrogen-bond donors (Lipinski definition) is 1. The molecule has 1 aromatic heterocycles. The first kappa shape index (κ1) is 23.4.